The Labute approximate surface area is 111 Å². The number of hydrogen-bond acceptors (Lipinski definition) is 5. The Morgan fingerprint density at radius 2 is 1.44 bits per heavy atom. The van der Waals surface area contributed by atoms with E-state index in [0.717, 1.165) is 45.8 Å². The van der Waals surface area contributed by atoms with E-state index in [9.17, 15) is 0 Å². The largest absolute Gasteiger partial charge is 0.382 e. The molecule has 0 unspecified atom stereocenters. The van der Waals surface area contributed by atoms with Crippen molar-refractivity contribution in [3.05, 3.63) is 0 Å². The van der Waals surface area contributed by atoms with E-state index in [1.54, 1.807) is 7.11 Å². The summed E-state index contributed by atoms with van der Waals surface area (Å²) in [5.74, 6) is 0. The fraction of sp³-hybridized carbons (Fsp3) is 1.00. The molecule has 0 aliphatic carbocycles. The monoisotopic (exact) mass is 263 g/mol. The van der Waals surface area contributed by atoms with Gasteiger partial charge in [0, 0.05) is 26.9 Å². The second-order valence-electron chi connectivity index (χ2n) is 3.87. The van der Waals surface area contributed by atoms with Crippen LogP contribution < -0.4 is 5.32 Å². The van der Waals surface area contributed by atoms with Crippen LogP contribution in [0.1, 0.15) is 19.8 Å². The highest BCUT2D eigenvalue weighted by molar-refractivity contribution is 4.47. The predicted octanol–water partition coefficient (Wildman–Crippen LogP) is 1.07. The van der Waals surface area contributed by atoms with Crippen molar-refractivity contribution in [3.8, 4) is 0 Å². The summed E-state index contributed by atoms with van der Waals surface area (Å²) >= 11 is 0. The quantitative estimate of drug-likeness (QED) is 0.448. The molecule has 18 heavy (non-hydrogen) atoms. The Hall–Kier alpha value is -0.200. The second-order valence-corrected chi connectivity index (χ2v) is 3.87. The van der Waals surface area contributed by atoms with E-state index in [1.807, 2.05) is 6.92 Å². The lowest BCUT2D eigenvalue weighted by Gasteiger charge is -2.07. The zero-order chi connectivity index (χ0) is 13.3. The maximum atomic E-state index is 5.41. The molecule has 0 aromatic rings. The maximum absolute atomic E-state index is 5.41. The zero-order valence-electron chi connectivity index (χ0n) is 11.9. The number of methoxy groups -OCH3 is 1. The van der Waals surface area contributed by atoms with Crippen LogP contribution in [0.25, 0.3) is 0 Å². The second kappa shape index (κ2) is 16.8. The van der Waals surface area contributed by atoms with Crippen LogP contribution in [-0.2, 0) is 18.9 Å². The maximum Gasteiger partial charge on any atom is 0.0701 e. The molecular formula is C13H29NO4. The number of unbranched alkanes of at least 4 members (excludes halogenated alkanes) is 1. The highest BCUT2D eigenvalue weighted by atomic mass is 16.5. The lowest BCUT2D eigenvalue weighted by atomic mass is 10.3. The lowest BCUT2D eigenvalue weighted by Crippen LogP contribution is -2.22. The first kappa shape index (κ1) is 17.8. The average Bonchev–Trinajstić information content (AvgIpc) is 2.39. The van der Waals surface area contributed by atoms with Gasteiger partial charge >= 0.3 is 0 Å². The highest BCUT2D eigenvalue weighted by Gasteiger charge is 1.91. The smallest absolute Gasteiger partial charge is 0.0701 e. The van der Waals surface area contributed by atoms with Crippen molar-refractivity contribution in [3.63, 3.8) is 0 Å². The van der Waals surface area contributed by atoms with Crippen molar-refractivity contribution in [2.45, 2.75) is 19.8 Å². The fourth-order valence-corrected chi connectivity index (χ4v) is 1.33. The van der Waals surface area contributed by atoms with Crippen molar-refractivity contribution in [1.82, 2.24) is 5.32 Å². The van der Waals surface area contributed by atoms with Crippen molar-refractivity contribution in [2.24, 2.45) is 0 Å². The molecule has 0 saturated carbocycles. The molecule has 0 aliphatic heterocycles. The van der Waals surface area contributed by atoms with E-state index >= 15 is 0 Å². The Morgan fingerprint density at radius 3 is 2.17 bits per heavy atom. The molecule has 0 rings (SSSR count). The van der Waals surface area contributed by atoms with Gasteiger partial charge in [0.15, 0.2) is 0 Å². The van der Waals surface area contributed by atoms with E-state index in [1.165, 1.54) is 0 Å². The van der Waals surface area contributed by atoms with Crippen LogP contribution in [0.5, 0.6) is 0 Å². The topological polar surface area (TPSA) is 49.0 Å². The first-order valence-electron chi connectivity index (χ1n) is 6.84. The number of hydrogen-bond donors (Lipinski definition) is 1. The Bertz CT molecular complexity index is 131. The van der Waals surface area contributed by atoms with Crippen LogP contribution in [0.3, 0.4) is 0 Å². The SMILES string of the molecule is CCOCCCCNCCOCCOCCOC. The van der Waals surface area contributed by atoms with Gasteiger partial charge < -0.3 is 24.3 Å². The Kier molecular flexibility index (Phi) is 16.6. The summed E-state index contributed by atoms with van der Waals surface area (Å²) in [6.45, 7) is 8.93. The van der Waals surface area contributed by atoms with Gasteiger partial charge in [-0.2, -0.15) is 0 Å². The molecule has 0 aromatic heterocycles. The molecule has 0 spiro atoms. The zero-order valence-corrected chi connectivity index (χ0v) is 11.9. The van der Waals surface area contributed by atoms with Gasteiger partial charge in [-0.15, -0.1) is 0 Å². The molecule has 0 aliphatic rings. The van der Waals surface area contributed by atoms with Crippen LogP contribution in [0, 0.1) is 0 Å². The summed E-state index contributed by atoms with van der Waals surface area (Å²) in [7, 11) is 1.67. The van der Waals surface area contributed by atoms with Gasteiger partial charge in [0.05, 0.1) is 33.0 Å². The van der Waals surface area contributed by atoms with E-state index in [-0.39, 0.29) is 0 Å². The molecule has 110 valence electrons. The molecule has 1 N–H and O–H groups in total. The van der Waals surface area contributed by atoms with Gasteiger partial charge in [-0.25, -0.2) is 0 Å². The van der Waals surface area contributed by atoms with Crippen LogP contribution in [0.15, 0.2) is 0 Å². The van der Waals surface area contributed by atoms with Gasteiger partial charge in [-0.1, -0.05) is 0 Å². The fourth-order valence-electron chi connectivity index (χ4n) is 1.33. The van der Waals surface area contributed by atoms with Crippen molar-refractivity contribution < 1.29 is 18.9 Å². The third kappa shape index (κ3) is 15.8. The highest BCUT2D eigenvalue weighted by Crippen LogP contribution is 1.88. The molecule has 0 radical (unpaired) electrons. The van der Waals surface area contributed by atoms with E-state index in [4.69, 9.17) is 18.9 Å². The third-order valence-electron chi connectivity index (χ3n) is 2.32. The summed E-state index contributed by atoms with van der Waals surface area (Å²) in [5, 5.41) is 3.33. The molecule has 0 amide bonds. The molecule has 0 aromatic carbocycles. The number of nitrogens with one attached hydrogen (secondary N) is 1. The normalized spacial score (nSPS) is 11.0. The molecular weight excluding hydrogens is 234 g/mol. The first-order chi connectivity index (χ1) is 8.91. The van der Waals surface area contributed by atoms with Crippen LogP contribution in [0.4, 0.5) is 0 Å². The summed E-state index contributed by atoms with van der Waals surface area (Å²) in [6.07, 6.45) is 2.27. The van der Waals surface area contributed by atoms with Gasteiger partial charge in [0.2, 0.25) is 0 Å². The third-order valence-corrected chi connectivity index (χ3v) is 2.32. The van der Waals surface area contributed by atoms with Gasteiger partial charge in [0.25, 0.3) is 0 Å². The molecule has 0 heterocycles. The van der Waals surface area contributed by atoms with Crippen LogP contribution >= 0.6 is 0 Å². The molecule has 5 nitrogen and oxygen atoms in total. The molecule has 0 atom stereocenters. The molecule has 0 saturated heterocycles. The standard InChI is InChI=1S/C13H29NO4/c1-3-16-8-5-4-6-14-7-9-17-12-13-18-11-10-15-2/h14H,3-13H2,1-2H3. The minimum Gasteiger partial charge on any atom is -0.382 e. The summed E-state index contributed by atoms with van der Waals surface area (Å²) < 4.78 is 20.8. The number of rotatable bonds is 15. The van der Waals surface area contributed by atoms with E-state index in [2.05, 4.69) is 5.32 Å². The lowest BCUT2D eigenvalue weighted by molar-refractivity contribution is 0.0256. The van der Waals surface area contributed by atoms with Crippen LogP contribution in [-0.4, -0.2) is 66.4 Å². The van der Waals surface area contributed by atoms with Crippen molar-refractivity contribution >= 4 is 0 Å². The van der Waals surface area contributed by atoms with Crippen LogP contribution in [0.2, 0.25) is 0 Å². The van der Waals surface area contributed by atoms with Crippen molar-refractivity contribution in [1.29, 1.82) is 0 Å². The van der Waals surface area contributed by atoms with Crippen molar-refractivity contribution in [2.75, 3.05) is 66.4 Å². The minimum absolute atomic E-state index is 0.637. The Balaban J connectivity index is 2.86. The van der Waals surface area contributed by atoms with Gasteiger partial charge in [0.1, 0.15) is 0 Å². The molecule has 5 heteroatoms. The van der Waals surface area contributed by atoms with Gasteiger partial charge in [-0.3, -0.25) is 0 Å². The average molecular weight is 263 g/mol. The van der Waals surface area contributed by atoms with Gasteiger partial charge in [-0.05, 0) is 26.3 Å². The molecule has 0 fully saturated rings. The summed E-state index contributed by atoms with van der Waals surface area (Å²) in [5.41, 5.74) is 0. The first-order valence-corrected chi connectivity index (χ1v) is 6.84. The van der Waals surface area contributed by atoms with E-state index < -0.39 is 0 Å². The number of ether oxygens (including phenoxy) is 4. The summed E-state index contributed by atoms with van der Waals surface area (Å²) in [6, 6.07) is 0. The predicted molar refractivity (Wildman–Crippen MR) is 72.1 cm³/mol. The summed E-state index contributed by atoms with van der Waals surface area (Å²) in [4.78, 5) is 0. The Morgan fingerprint density at radius 1 is 0.722 bits per heavy atom. The van der Waals surface area contributed by atoms with E-state index in [0.29, 0.717) is 26.4 Å². The molecule has 0 bridgehead atoms. The minimum atomic E-state index is 0.637.